The largest absolute Gasteiger partial charge is 0.454 e. The van der Waals surface area contributed by atoms with Crippen LogP contribution in [0.4, 0.5) is 4.79 Å². The molecule has 10 nitrogen and oxygen atoms in total. The minimum Gasteiger partial charge on any atom is -0.454 e. The molecule has 1 atom stereocenters. The average Bonchev–Trinajstić information content (AvgIpc) is 3.41. The van der Waals surface area contributed by atoms with Gasteiger partial charge in [0.05, 0.1) is 6.33 Å². The third-order valence-electron chi connectivity index (χ3n) is 5.40. The third-order valence-corrected chi connectivity index (χ3v) is 7.27. The van der Waals surface area contributed by atoms with Crippen molar-refractivity contribution in [2.45, 2.75) is 70.7 Å². The Kier molecular flexibility index (Phi) is 8.36. The highest BCUT2D eigenvalue weighted by atomic mass is 127. The molecule has 3 aromatic rings. The number of aromatic amines is 1. The van der Waals surface area contributed by atoms with Crippen molar-refractivity contribution in [3.63, 3.8) is 0 Å². The topological polar surface area (TPSA) is 112 Å². The second-order valence-corrected chi connectivity index (χ2v) is 11.9. The number of aryl methyl sites for hydroxylation is 1. The molecule has 0 spiro atoms. The minimum absolute atomic E-state index is 0.0314. The summed E-state index contributed by atoms with van der Waals surface area (Å²) in [6, 6.07) is 7.81. The Morgan fingerprint density at radius 1 is 1.32 bits per heavy atom. The normalized spacial score (nSPS) is 15.4. The molecule has 1 N–H and O–H groups in total. The van der Waals surface area contributed by atoms with Crippen LogP contribution in [0.15, 0.2) is 51.9 Å². The zero-order valence-electron chi connectivity index (χ0n) is 21.4. The minimum atomic E-state index is -0.577. The summed E-state index contributed by atoms with van der Waals surface area (Å²) < 4.78 is 20.3. The average molecular weight is 640 g/mol. The highest BCUT2D eigenvalue weighted by Gasteiger charge is 2.27. The van der Waals surface area contributed by atoms with Gasteiger partial charge in [-0.25, -0.2) is 14.8 Å². The van der Waals surface area contributed by atoms with Crippen LogP contribution in [0.5, 0.6) is 0 Å². The maximum atomic E-state index is 12.7. The lowest BCUT2D eigenvalue weighted by atomic mass is 10.2. The van der Waals surface area contributed by atoms with Crippen LogP contribution < -0.4 is 5.56 Å². The number of benzene rings is 1. The number of hydrogen-bond donors (Lipinski definition) is 1. The zero-order chi connectivity index (χ0) is 26.7. The van der Waals surface area contributed by atoms with Crippen LogP contribution in [0, 0.1) is 3.57 Å². The Balaban J connectivity index is 1.51. The predicted octanol–water partition coefficient (Wildman–Crippen LogP) is 5.40. The number of carbonyl (C=O) groups excluding carboxylic acids is 1. The Hall–Kier alpha value is -2.74. The first-order valence-corrected chi connectivity index (χ1v) is 13.8. The second kappa shape index (κ2) is 11.3. The van der Waals surface area contributed by atoms with Crippen LogP contribution in [-0.2, 0) is 20.8 Å². The van der Waals surface area contributed by atoms with E-state index in [2.05, 4.69) is 37.5 Å². The number of rotatable bonds is 8. The lowest BCUT2D eigenvalue weighted by Crippen LogP contribution is -2.41. The molecule has 12 heteroatoms. The van der Waals surface area contributed by atoms with Crippen molar-refractivity contribution in [3.05, 3.63) is 61.4 Å². The van der Waals surface area contributed by atoms with Crippen molar-refractivity contribution < 1.29 is 19.0 Å². The number of nitrogens with zero attached hydrogens (tertiary/aromatic N) is 4. The molecule has 0 bridgehead atoms. The molecule has 1 amide bonds. The quantitative estimate of drug-likeness (QED) is 0.327. The van der Waals surface area contributed by atoms with Crippen LogP contribution in [0.3, 0.4) is 0 Å². The fraction of sp³-hybridized carbons (Fsp3) is 0.440. The molecule has 0 aliphatic carbocycles. The molecule has 37 heavy (non-hydrogen) atoms. The monoisotopic (exact) mass is 639 g/mol. The van der Waals surface area contributed by atoms with Crippen LogP contribution >= 0.6 is 34.4 Å². The van der Waals surface area contributed by atoms with E-state index in [0.29, 0.717) is 35.4 Å². The molecule has 198 valence electrons. The summed E-state index contributed by atoms with van der Waals surface area (Å²) in [4.78, 5) is 38.3. The SMILES string of the molecule is CC(C)N(CCCn1c(SC2=COC(c3ccccc3I)O2)nc2c(=O)[nH]cnc21)C(=O)OC(C)(C)C. The van der Waals surface area contributed by atoms with Crippen molar-refractivity contribution in [1.82, 2.24) is 24.4 Å². The number of imidazole rings is 1. The van der Waals surface area contributed by atoms with E-state index in [1.54, 1.807) is 11.2 Å². The molecule has 1 aromatic carbocycles. The molecule has 0 fully saturated rings. The molecule has 0 saturated carbocycles. The fourth-order valence-electron chi connectivity index (χ4n) is 3.71. The van der Waals surface area contributed by atoms with Crippen LogP contribution in [0.2, 0.25) is 0 Å². The van der Waals surface area contributed by atoms with Gasteiger partial charge in [-0.1, -0.05) is 18.2 Å². The number of amides is 1. The van der Waals surface area contributed by atoms with Crippen molar-refractivity contribution in [2.75, 3.05) is 6.54 Å². The Labute approximate surface area is 232 Å². The summed E-state index contributed by atoms with van der Waals surface area (Å²) in [5, 5.41) is 1.07. The number of aromatic nitrogens is 4. The molecular formula is C25H30IN5O5S. The van der Waals surface area contributed by atoms with Gasteiger partial charge in [0, 0.05) is 28.3 Å². The second-order valence-electron chi connectivity index (χ2n) is 9.72. The number of ether oxygens (including phenoxy) is 3. The van der Waals surface area contributed by atoms with E-state index in [1.165, 1.54) is 18.1 Å². The van der Waals surface area contributed by atoms with Crippen LogP contribution in [0.25, 0.3) is 11.2 Å². The van der Waals surface area contributed by atoms with Gasteiger partial charge in [0.25, 0.3) is 11.8 Å². The fourth-order valence-corrected chi connectivity index (χ4v) is 5.19. The molecule has 2 aromatic heterocycles. The highest BCUT2D eigenvalue weighted by molar-refractivity contribution is 14.1. The number of nitrogens with one attached hydrogen (secondary N) is 1. The van der Waals surface area contributed by atoms with E-state index in [-0.39, 0.29) is 23.2 Å². The van der Waals surface area contributed by atoms with Gasteiger partial charge < -0.3 is 28.7 Å². The van der Waals surface area contributed by atoms with E-state index >= 15 is 0 Å². The van der Waals surface area contributed by atoms with E-state index in [4.69, 9.17) is 14.2 Å². The maximum absolute atomic E-state index is 12.7. The number of hydrogen-bond acceptors (Lipinski definition) is 8. The molecule has 0 saturated heterocycles. The van der Waals surface area contributed by atoms with Gasteiger partial charge in [-0.3, -0.25) is 4.79 Å². The molecule has 0 radical (unpaired) electrons. The van der Waals surface area contributed by atoms with Gasteiger partial charge in [-0.2, -0.15) is 0 Å². The number of carbonyl (C=O) groups is 1. The Bertz CT molecular complexity index is 1360. The molecule has 3 heterocycles. The molecular weight excluding hydrogens is 609 g/mol. The highest BCUT2D eigenvalue weighted by Crippen LogP contribution is 2.39. The summed E-state index contributed by atoms with van der Waals surface area (Å²) in [7, 11) is 0. The third kappa shape index (κ3) is 6.58. The summed E-state index contributed by atoms with van der Waals surface area (Å²) >= 11 is 3.51. The molecule has 1 aliphatic rings. The van der Waals surface area contributed by atoms with Gasteiger partial charge in [-0.05, 0) is 81.5 Å². The van der Waals surface area contributed by atoms with Gasteiger partial charge in [-0.15, -0.1) is 0 Å². The summed E-state index contributed by atoms with van der Waals surface area (Å²) in [5.41, 5.74) is 0.737. The smallest absolute Gasteiger partial charge is 0.410 e. The first-order chi connectivity index (χ1) is 17.5. The summed E-state index contributed by atoms with van der Waals surface area (Å²) in [6.07, 6.45) is 2.61. The summed E-state index contributed by atoms with van der Waals surface area (Å²) in [5.74, 6) is 0. The predicted molar refractivity (Wildman–Crippen MR) is 149 cm³/mol. The van der Waals surface area contributed by atoms with Crippen LogP contribution in [-0.4, -0.2) is 48.7 Å². The van der Waals surface area contributed by atoms with Crippen LogP contribution in [0.1, 0.15) is 52.9 Å². The molecule has 1 unspecified atom stereocenters. The number of thioether (sulfide) groups is 1. The van der Waals surface area contributed by atoms with Crippen molar-refractivity contribution in [2.24, 2.45) is 0 Å². The molecule has 1 aliphatic heterocycles. The Morgan fingerprint density at radius 3 is 2.78 bits per heavy atom. The van der Waals surface area contributed by atoms with E-state index in [9.17, 15) is 9.59 Å². The lowest BCUT2D eigenvalue weighted by molar-refractivity contribution is -0.0279. The maximum Gasteiger partial charge on any atom is 0.410 e. The number of halogens is 1. The first-order valence-electron chi connectivity index (χ1n) is 11.9. The van der Waals surface area contributed by atoms with E-state index < -0.39 is 11.9 Å². The van der Waals surface area contributed by atoms with Crippen molar-refractivity contribution in [1.29, 1.82) is 0 Å². The van der Waals surface area contributed by atoms with Crippen molar-refractivity contribution in [3.8, 4) is 0 Å². The van der Waals surface area contributed by atoms with Gasteiger partial charge in [0.1, 0.15) is 11.9 Å². The molecule has 4 rings (SSSR count). The number of fused-ring (bicyclic) bond motifs is 1. The standard InChI is InChI=1S/C25H30IN5O5S/c1-15(2)30(24(33)36-25(3,4)5)11-8-12-31-20-19(21(32)28-14-27-20)29-23(31)37-18-13-34-22(35-18)16-9-6-7-10-17(16)26/h6-7,9-10,13-15,22H,8,11-12H2,1-5H3,(H,27,28,32). The van der Waals surface area contributed by atoms with E-state index in [0.717, 1.165) is 9.13 Å². The number of H-pyrrole nitrogens is 1. The summed E-state index contributed by atoms with van der Waals surface area (Å²) in [6.45, 7) is 10.4. The Morgan fingerprint density at radius 2 is 2.08 bits per heavy atom. The lowest BCUT2D eigenvalue weighted by Gasteiger charge is -2.30. The van der Waals surface area contributed by atoms with Gasteiger partial charge in [0.2, 0.25) is 5.09 Å². The van der Waals surface area contributed by atoms with Gasteiger partial charge in [0.15, 0.2) is 16.3 Å². The first kappa shape index (κ1) is 27.3. The van der Waals surface area contributed by atoms with E-state index in [1.807, 2.05) is 63.5 Å². The van der Waals surface area contributed by atoms with Crippen molar-refractivity contribution >= 4 is 51.6 Å². The zero-order valence-corrected chi connectivity index (χ0v) is 24.3. The van der Waals surface area contributed by atoms with Gasteiger partial charge >= 0.3 is 6.09 Å².